The zero-order valence-electron chi connectivity index (χ0n) is 18.1. The first-order valence-corrected chi connectivity index (χ1v) is 12.7. The zero-order valence-corrected chi connectivity index (χ0v) is 19.1. The minimum Gasteiger partial charge on any atom is -0.459 e. The van der Waals surface area contributed by atoms with Gasteiger partial charge in [0.15, 0.2) is 8.32 Å². The third-order valence-electron chi connectivity index (χ3n) is 5.40. The molecule has 0 radical (unpaired) electrons. The topological polar surface area (TPSA) is 47.9 Å². The van der Waals surface area contributed by atoms with Crippen molar-refractivity contribution in [3.63, 3.8) is 0 Å². The van der Waals surface area contributed by atoms with Crippen LogP contribution in [0.2, 0.25) is 18.1 Å². The maximum atomic E-state index is 11.8. The van der Waals surface area contributed by atoms with Crippen molar-refractivity contribution in [1.29, 1.82) is 0 Å². The van der Waals surface area contributed by atoms with Crippen LogP contribution in [0.25, 0.3) is 0 Å². The van der Waals surface area contributed by atoms with Gasteiger partial charge in [-0.3, -0.25) is 9.79 Å². The number of hydrogen-bond acceptors (Lipinski definition) is 4. The lowest BCUT2D eigenvalue weighted by molar-refractivity contribution is -0.152. The highest BCUT2D eigenvalue weighted by molar-refractivity contribution is 6.74. The Bertz CT molecular complexity index is 526. The van der Waals surface area contributed by atoms with Crippen LogP contribution < -0.4 is 0 Å². The number of carbonyl (C=O) groups is 1. The van der Waals surface area contributed by atoms with Gasteiger partial charge >= 0.3 is 5.97 Å². The van der Waals surface area contributed by atoms with Gasteiger partial charge in [-0.15, -0.1) is 0 Å². The standard InChI is InChI=1S/C21H39NO3Si/c1-19(2,3)25-18(23)16-22-15-14-21(12-10-9-11-13-21)17-24-26(7,8)20(4,5)6/h9-10,15H,11-14,16-17H2,1-8H3/b22-15+. The lowest BCUT2D eigenvalue weighted by atomic mass is 9.75. The van der Waals surface area contributed by atoms with Crippen molar-refractivity contribution < 1.29 is 14.0 Å². The van der Waals surface area contributed by atoms with Gasteiger partial charge in [-0.1, -0.05) is 32.9 Å². The van der Waals surface area contributed by atoms with E-state index in [4.69, 9.17) is 9.16 Å². The largest absolute Gasteiger partial charge is 0.459 e. The van der Waals surface area contributed by atoms with Crippen molar-refractivity contribution in [2.45, 2.75) is 91.0 Å². The molecule has 4 nitrogen and oxygen atoms in total. The summed E-state index contributed by atoms with van der Waals surface area (Å²) in [5, 5.41) is 0.212. The molecule has 0 saturated carbocycles. The van der Waals surface area contributed by atoms with E-state index in [1.807, 2.05) is 27.0 Å². The average molecular weight is 382 g/mol. The molecule has 0 N–H and O–H groups in total. The number of hydrogen-bond donors (Lipinski definition) is 0. The minimum atomic E-state index is -1.77. The maximum absolute atomic E-state index is 11.8. The minimum absolute atomic E-state index is 0.0896. The van der Waals surface area contributed by atoms with Crippen molar-refractivity contribution >= 4 is 20.5 Å². The monoisotopic (exact) mass is 381 g/mol. The van der Waals surface area contributed by atoms with E-state index in [1.54, 1.807) is 0 Å². The van der Waals surface area contributed by atoms with Crippen LogP contribution in [0.5, 0.6) is 0 Å². The molecular weight excluding hydrogens is 342 g/mol. The van der Waals surface area contributed by atoms with Gasteiger partial charge in [0.05, 0.1) is 0 Å². The Labute approximate surface area is 161 Å². The van der Waals surface area contributed by atoms with Crippen molar-refractivity contribution in [2.24, 2.45) is 10.4 Å². The molecule has 5 heteroatoms. The predicted molar refractivity (Wildman–Crippen MR) is 112 cm³/mol. The fourth-order valence-corrected chi connectivity index (χ4v) is 3.74. The summed E-state index contributed by atoms with van der Waals surface area (Å²) in [7, 11) is -1.77. The van der Waals surface area contributed by atoms with Crippen molar-refractivity contribution in [3.8, 4) is 0 Å². The molecule has 1 unspecified atom stereocenters. The van der Waals surface area contributed by atoms with Gasteiger partial charge in [0, 0.05) is 18.2 Å². The van der Waals surface area contributed by atoms with Gasteiger partial charge in [-0.25, -0.2) is 0 Å². The number of ether oxygens (including phenoxy) is 1. The number of aliphatic imine (C=N–C) groups is 1. The summed E-state index contributed by atoms with van der Waals surface area (Å²) in [6.07, 6.45) is 10.5. The molecule has 0 amide bonds. The van der Waals surface area contributed by atoms with Gasteiger partial charge in [0.1, 0.15) is 12.1 Å². The molecular formula is C21H39NO3Si. The molecule has 1 atom stereocenters. The lowest BCUT2D eigenvalue weighted by Gasteiger charge is -2.41. The highest BCUT2D eigenvalue weighted by atomic mass is 28.4. The molecule has 0 fully saturated rings. The lowest BCUT2D eigenvalue weighted by Crippen LogP contribution is -2.44. The number of nitrogens with zero attached hydrogens (tertiary/aromatic N) is 1. The van der Waals surface area contributed by atoms with Crippen LogP contribution in [0.15, 0.2) is 17.1 Å². The highest BCUT2D eigenvalue weighted by Crippen LogP contribution is 2.41. The van der Waals surface area contributed by atoms with Gasteiger partial charge in [0.2, 0.25) is 0 Å². The summed E-state index contributed by atoms with van der Waals surface area (Å²) in [5.41, 5.74) is -0.360. The molecule has 0 spiro atoms. The molecule has 0 saturated heterocycles. The van der Waals surface area contributed by atoms with Crippen LogP contribution in [0, 0.1) is 5.41 Å². The highest BCUT2D eigenvalue weighted by Gasteiger charge is 2.40. The maximum Gasteiger partial charge on any atom is 0.328 e. The van der Waals surface area contributed by atoms with E-state index in [0.717, 1.165) is 32.3 Å². The summed E-state index contributed by atoms with van der Waals surface area (Å²) >= 11 is 0. The molecule has 26 heavy (non-hydrogen) atoms. The molecule has 0 aromatic rings. The van der Waals surface area contributed by atoms with E-state index >= 15 is 0 Å². The molecule has 0 aromatic heterocycles. The van der Waals surface area contributed by atoms with Gasteiger partial charge in [0.25, 0.3) is 0 Å². The third-order valence-corrected chi connectivity index (χ3v) is 9.88. The Kier molecular flexibility index (Phi) is 7.84. The summed E-state index contributed by atoms with van der Waals surface area (Å²) < 4.78 is 11.8. The van der Waals surface area contributed by atoms with E-state index in [1.165, 1.54) is 0 Å². The van der Waals surface area contributed by atoms with Crippen LogP contribution >= 0.6 is 0 Å². The first-order valence-electron chi connectivity index (χ1n) is 9.76. The Morgan fingerprint density at radius 3 is 2.35 bits per heavy atom. The Balaban J connectivity index is 2.65. The molecule has 1 aliphatic rings. The summed E-state index contributed by atoms with van der Waals surface area (Å²) in [4.78, 5) is 16.1. The Morgan fingerprint density at radius 2 is 1.85 bits per heavy atom. The van der Waals surface area contributed by atoms with Crippen LogP contribution in [0.1, 0.15) is 67.2 Å². The fourth-order valence-electron chi connectivity index (χ4n) is 2.64. The van der Waals surface area contributed by atoms with Crippen molar-refractivity contribution in [2.75, 3.05) is 13.2 Å². The van der Waals surface area contributed by atoms with E-state index in [-0.39, 0.29) is 23.0 Å². The van der Waals surface area contributed by atoms with Gasteiger partial charge < -0.3 is 9.16 Å². The van der Waals surface area contributed by atoms with Crippen LogP contribution in [-0.4, -0.2) is 39.3 Å². The first kappa shape index (κ1) is 23.1. The normalized spacial score (nSPS) is 22.0. The smallest absolute Gasteiger partial charge is 0.328 e. The molecule has 0 aromatic carbocycles. The van der Waals surface area contributed by atoms with Gasteiger partial charge in [-0.05, 0) is 64.6 Å². The second-order valence-electron chi connectivity index (χ2n) is 10.1. The summed E-state index contributed by atoms with van der Waals surface area (Å²) in [6, 6.07) is 0. The molecule has 0 bridgehead atoms. The Hall–Kier alpha value is -0.943. The quantitative estimate of drug-likeness (QED) is 0.252. The van der Waals surface area contributed by atoms with Crippen LogP contribution in [0.4, 0.5) is 0 Å². The third kappa shape index (κ3) is 7.75. The number of carbonyl (C=O) groups excluding carboxylic acids is 1. The van der Waals surface area contributed by atoms with E-state index in [2.05, 4.69) is 51.0 Å². The van der Waals surface area contributed by atoms with E-state index in [9.17, 15) is 4.79 Å². The van der Waals surface area contributed by atoms with Crippen LogP contribution in [0.3, 0.4) is 0 Å². The molecule has 0 heterocycles. The second-order valence-corrected chi connectivity index (χ2v) is 14.9. The van der Waals surface area contributed by atoms with E-state index in [0.29, 0.717) is 0 Å². The van der Waals surface area contributed by atoms with Crippen molar-refractivity contribution in [3.05, 3.63) is 12.2 Å². The molecule has 1 rings (SSSR count). The first-order chi connectivity index (χ1) is 11.8. The van der Waals surface area contributed by atoms with E-state index < -0.39 is 13.9 Å². The van der Waals surface area contributed by atoms with Crippen molar-refractivity contribution in [1.82, 2.24) is 0 Å². The Morgan fingerprint density at radius 1 is 1.19 bits per heavy atom. The van der Waals surface area contributed by atoms with Crippen LogP contribution in [-0.2, 0) is 14.0 Å². The SMILES string of the molecule is CC(C)(C)OC(=O)C/N=C/CC1(CO[Si](C)(C)C(C)(C)C)CC=CCC1. The molecule has 0 aliphatic heterocycles. The predicted octanol–water partition coefficient (Wildman–Crippen LogP) is 5.54. The summed E-state index contributed by atoms with van der Waals surface area (Å²) in [5.74, 6) is -0.274. The number of allylic oxidation sites excluding steroid dienone is 2. The zero-order chi connectivity index (χ0) is 20.1. The fraction of sp³-hybridized carbons (Fsp3) is 0.810. The number of rotatable bonds is 7. The van der Waals surface area contributed by atoms with Gasteiger partial charge in [-0.2, -0.15) is 0 Å². The summed E-state index contributed by atoms with van der Waals surface area (Å²) in [6.45, 7) is 17.9. The second kappa shape index (κ2) is 8.83. The molecule has 1 aliphatic carbocycles. The average Bonchev–Trinajstić information content (AvgIpc) is 2.48. The molecule has 150 valence electrons. The number of esters is 1.